The minimum atomic E-state index is -0.363. The molecule has 0 spiro atoms. The summed E-state index contributed by atoms with van der Waals surface area (Å²) in [5.74, 6) is -0.891. The van der Waals surface area contributed by atoms with Crippen LogP contribution in [-0.2, 0) is 20.9 Å². The Bertz CT molecular complexity index is 757. The molecule has 0 unspecified atom stereocenters. The molecule has 0 radical (unpaired) electrons. The molecular weight excluding hydrogens is 352 g/mol. The third kappa shape index (κ3) is 6.12. The Morgan fingerprint density at radius 1 is 1.04 bits per heavy atom. The lowest BCUT2D eigenvalue weighted by molar-refractivity contribution is -0.151. The number of rotatable bonds is 9. The van der Waals surface area contributed by atoms with E-state index in [1.54, 1.807) is 0 Å². The number of amides is 1. The molecule has 2 aromatic rings. The van der Waals surface area contributed by atoms with Gasteiger partial charge in [0.25, 0.3) is 5.91 Å². The Hall–Kier alpha value is -2.82. The molecular formula is C23H30N2O3. The molecule has 0 saturated carbocycles. The molecule has 2 aromatic carbocycles. The molecule has 0 aliphatic heterocycles. The molecule has 2 rings (SSSR count). The fourth-order valence-electron chi connectivity index (χ4n) is 2.98. The van der Waals surface area contributed by atoms with Crippen molar-refractivity contribution in [1.29, 1.82) is 0 Å². The van der Waals surface area contributed by atoms with Crippen LogP contribution >= 0.6 is 0 Å². The molecule has 2 atom stereocenters. The van der Waals surface area contributed by atoms with E-state index in [-0.39, 0.29) is 30.3 Å². The first-order chi connectivity index (χ1) is 13.4. The van der Waals surface area contributed by atoms with Gasteiger partial charge in [-0.1, -0.05) is 62.7 Å². The summed E-state index contributed by atoms with van der Waals surface area (Å²) < 4.78 is 5.32. The van der Waals surface area contributed by atoms with Gasteiger partial charge >= 0.3 is 5.97 Å². The maximum Gasteiger partial charge on any atom is 0.314 e. The Balaban J connectivity index is 1.87. The first-order valence-electron chi connectivity index (χ1n) is 9.67. The van der Waals surface area contributed by atoms with E-state index in [1.807, 2.05) is 87.4 Å². The Morgan fingerprint density at radius 2 is 1.68 bits per heavy atom. The smallest absolute Gasteiger partial charge is 0.314 e. The molecule has 0 heterocycles. The summed E-state index contributed by atoms with van der Waals surface area (Å²) >= 11 is 0. The van der Waals surface area contributed by atoms with Gasteiger partial charge < -0.3 is 15.0 Å². The lowest BCUT2D eigenvalue weighted by Crippen LogP contribution is -2.30. The molecule has 0 aliphatic carbocycles. The van der Waals surface area contributed by atoms with Gasteiger partial charge in [0.15, 0.2) is 6.61 Å². The van der Waals surface area contributed by atoms with E-state index in [0.29, 0.717) is 6.54 Å². The van der Waals surface area contributed by atoms with Gasteiger partial charge in [-0.2, -0.15) is 0 Å². The number of ether oxygens (including phenoxy) is 1. The van der Waals surface area contributed by atoms with Crippen molar-refractivity contribution in [1.82, 2.24) is 5.32 Å². The van der Waals surface area contributed by atoms with Crippen LogP contribution in [0.2, 0.25) is 0 Å². The second-order valence-corrected chi connectivity index (χ2v) is 7.22. The van der Waals surface area contributed by atoms with E-state index >= 15 is 0 Å². The van der Waals surface area contributed by atoms with Gasteiger partial charge in [0.05, 0.1) is 5.92 Å². The highest BCUT2D eigenvalue weighted by Gasteiger charge is 2.27. The van der Waals surface area contributed by atoms with E-state index < -0.39 is 0 Å². The highest BCUT2D eigenvalue weighted by atomic mass is 16.5. The lowest BCUT2D eigenvalue weighted by atomic mass is 9.86. The van der Waals surface area contributed by atoms with Crippen LogP contribution in [0.5, 0.6) is 0 Å². The van der Waals surface area contributed by atoms with Gasteiger partial charge in [-0.25, -0.2) is 0 Å². The van der Waals surface area contributed by atoms with Gasteiger partial charge in [0.1, 0.15) is 0 Å². The summed E-state index contributed by atoms with van der Waals surface area (Å²) in [6.07, 6.45) is 0.851. The van der Waals surface area contributed by atoms with Crippen LogP contribution in [0.1, 0.15) is 37.3 Å². The van der Waals surface area contributed by atoms with Gasteiger partial charge in [0.2, 0.25) is 0 Å². The monoisotopic (exact) mass is 382 g/mol. The van der Waals surface area contributed by atoms with Gasteiger partial charge in [0, 0.05) is 26.3 Å². The van der Waals surface area contributed by atoms with Crippen molar-refractivity contribution in [2.45, 2.75) is 32.7 Å². The van der Waals surface area contributed by atoms with Crippen LogP contribution in [0.25, 0.3) is 0 Å². The van der Waals surface area contributed by atoms with E-state index in [0.717, 1.165) is 23.2 Å². The van der Waals surface area contributed by atoms with Crippen LogP contribution in [0.4, 0.5) is 5.69 Å². The lowest BCUT2D eigenvalue weighted by Gasteiger charge is -2.21. The quantitative estimate of drug-likeness (QED) is 0.671. The van der Waals surface area contributed by atoms with Crippen molar-refractivity contribution in [2.75, 3.05) is 25.6 Å². The molecule has 1 N–H and O–H groups in total. The molecule has 0 saturated heterocycles. The summed E-state index contributed by atoms with van der Waals surface area (Å²) in [7, 11) is 3.96. The second kappa shape index (κ2) is 10.5. The van der Waals surface area contributed by atoms with E-state index in [9.17, 15) is 9.59 Å². The summed E-state index contributed by atoms with van der Waals surface area (Å²) in [5.41, 5.74) is 3.01. The number of carbonyl (C=O) groups excluding carboxylic acids is 2. The zero-order valence-electron chi connectivity index (χ0n) is 17.1. The maximum absolute atomic E-state index is 12.6. The Kier molecular flexibility index (Phi) is 8.05. The number of esters is 1. The largest absolute Gasteiger partial charge is 0.455 e. The number of anilines is 1. The zero-order chi connectivity index (χ0) is 20.5. The second-order valence-electron chi connectivity index (χ2n) is 7.22. The first-order valence-corrected chi connectivity index (χ1v) is 9.67. The summed E-state index contributed by atoms with van der Waals surface area (Å²) in [6.45, 7) is 4.20. The number of hydrogen-bond donors (Lipinski definition) is 1. The number of nitrogens with zero attached hydrogens (tertiary/aromatic N) is 1. The number of carbonyl (C=O) groups is 2. The van der Waals surface area contributed by atoms with Crippen molar-refractivity contribution < 1.29 is 14.3 Å². The summed E-state index contributed by atoms with van der Waals surface area (Å²) in [5, 5.41) is 2.80. The Labute approximate surface area is 167 Å². The number of benzene rings is 2. The van der Waals surface area contributed by atoms with E-state index in [4.69, 9.17) is 4.74 Å². The van der Waals surface area contributed by atoms with E-state index in [1.165, 1.54) is 0 Å². The van der Waals surface area contributed by atoms with Crippen LogP contribution in [0, 0.1) is 5.92 Å². The SMILES string of the molecule is CC[C@@H](C)[C@H](C(=O)OCC(=O)NCc1ccc(N(C)C)cc1)c1ccccc1. The number of hydrogen-bond acceptors (Lipinski definition) is 4. The topological polar surface area (TPSA) is 58.6 Å². The highest BCUT2D eigenvalue weighted by molar-refractivity contribution is 5.83. The molecule has 28 heavy (non-hydrogen) atoms. The average molecular weight is 383 g/mol. The van der Waals surface area contributed by atoms with Crippen molar-refractivity contribution in [3.05, 3.63) is 65.7 Å². The average Bonchev–Trinajstić information content (AvgIpc) is 2.71. The highest BCUT2D eigenvalue weighted by Crippen LogP contribution is 2.28. The standard InChI is InChI=1S/C23H30N2O3/c1-5-17(2)22(19-9-7-6-8-10-19)23(27)28-16-21(26)24-15-18-11-13-20(14-12-18)25(3)4/h6-14,17,22H,5,15-16H2,1-4H3,(H,24,26)/t17-,22+/m1/s1. The van der Waals surface area contributed by atoms with Crippen LogP contribution in [0.15, 0.2) is 54.6 Å². The minimum absolute atomic E-state index is 0.133. The van der Waals surface area contributed by atoms with Gasteiger partial charge in [-0.3, -0.25) is 9.59 Å². The maximum atomic E-state index is 12.6. The third-order valence-electron chi connectivity index (χ3n) is 4.91. The Morgan fingerprint density at radius 3 is 2.25 bits per heavy atom. The third-order valence-corrected chi connectivity index (χ3v) is 4.91. The zero-order valence-corrected chi connectivity index (χ0v) is 17.1. The van der Waals surface area contributed by atoms with Crippen molar-refractivity contribution in [2.24, 2.45) is 5.92 Å². The summed E-state index contributed by atoms with van der Waals surface area (Å²) in [6, 6.07) is 17.5. The van der Waals surface area contributed by atoms with Crippen molar-refractivity contribution in [3.63, 3.8) is 0 Å². The predicted octanol–water partition coefficient (Wildman–Crippen LogP) is 3.74. The molecule has 1 amide bonds. The molecule has 0 fully saturated rings. The van der Waals surface area contributed by atoms with Gasteiger partial charge in [-0.05, 0) is 29.2 Å². The molecule has 150 valence electrons. The van der Waals surface area contributed by atoms with E-state index in [2.05, 4.69) is 5.32 Å². The minimum Gasteiger partial charge on any atom is -0.455 e. The predicted molar refractivity (Wildman–Crippen MR) is 112 cm³/mol. The molecule has 5 heteroatoms. The first kappa shape index (κ1) is 21.5. The van der Waals surface area contributed by atoms with Crippen LogP contribution < -0.4 is 10.2 Å². The summed E-state index contributed by atoms with van der Waals surface area (Å²) in [4.78, 5) is 26.7. The molecule has 5 nitrogen and oxygen atoms in total. The molecule has 0 aliphatic rings. The fourth-order valence-corrected chi connectivity index (χ4v) is 2.98. The van der Waals surface area contributed by atoms with Crippen molar-refractivity contribution >= 4 is 17.6 Å². The van der Waals surface area contributed by atoms with Crippen LogP contribution in [0.3, 0.4) is 0 Å². The molecule has 0 bridgehead atoms. The normalized spacial score (nSPS) is 12.7. The molecule has 0 aromatic heterocycles. The number of nitrogens with one attached hydrogen (secondary N) is 1. The van der Waals surface area contributed by atoms with Crippen molar-refractivity contribution in [3.8, 4) is 0 Å². The van der Waals surface area contributed by atoms with Gasteiger partial charge in [-0.15, -0.1) is 0 Å². The fraction of sp³-hybridized carbons (Fsp3) is 0.391. The van der Waals surface area contributed by atoms with Crippen LogP contribution in [-0.4, -0.2) is 32.6 Å².